The first-order valence-corrected chi connectivity index (χ1v) is 7.84. The van der Waals surface area contributed by atoms with Crippen LogP contribution in [0.4, 0.5) is 10.1 Å². The van der Waals surface area contributed by atoms with E-state index in [0.29, 0.717) is 22.2 Å². The Hall–Kier alpha value is -2.77. The van der Waals surface area contributed by atoms with Crippen molar-refractivity contribution < 1.29 is 14.6 Å². The number of hydrogen-bond donors (Lipinski definition) is 3. The molecule has 1 heterocycles. The molecule has 0 amide bonds. The van der Waals surface area contributed by atoms with Crippen molar-refractivity contribution in [1.82, 2.24) is 9.55 Å². The third-order valence-corrected chi connectivity index (χ3v) is 3.88. The van der Waals surface area contributed by atoms with Crippen LogP contribution in [0.25, 0.3) is 10.9 Å². The van der Waals surface area contributed by atoms with E-state index in [0.717, 1.165) is 0 Å². The Balaban J connectivity index is 1.88. The van der Waals surface area contributed by atoms with Gasteiger partial charge in [0.25, 0.3) is 5.56 Å². The average molecular weight is 343 g/mol. The van der Waals surface area contributed by atoms with Crippen LogP contribution in [-0.2, 0) is 6.54 Å². The van der Waals surface area contributed by atoms with Crippen molar-refractivity contribution in [3.63, 3.8) is 0 Å². The van der Waals surface area contributed by atoms with E-state index in [9.17, 15) is 14.3 Å². The highest BCUT2D eigenvalue weighted by atomic mass is 19.1. The van der Waals surface area contributed by atoms with Gasteiger partial charge in [-0.3, -0.25) is 9.36 Å². The topological polar surface area (TPSA) is 87.4 Å². The summed E-state index contributed by atoms with van der Waals surface area (Å²) in [6, 6.07) is 11.3. The molecule has 0 saturated heterocycles. The molecule has 3 rings (SSSR count). The second-order valence-electron chi connectivity index (χ2n) is 5.72. The smallest absolute Gasteiger partial charge is 0.261 e. The largest absolute Gasteiger partial charge is 0.394 e. The Morgan fingerprint density at radius 2 is 2.04 bits per heavy atom. The molecular formula is C18H18FN3O3. The van der Waals surface area contributed by atoms with Gasteiger partial charge in [0.05, 0.1) is 36.5 Å². The quantitative estimate of drug-likeness (QED) is 0.629. The van der Waals surface area contributed by atoms with E-state index in [2.05, 4.69) is 10.3 Å². The van der Waals surface area contributed by atoms with Gasteiger partial charge in [0.15, 0.2) is 0 Å². The van der Waals surface area contributed by atoms with Crippen LogP contribution >= 0.6 is 0 Å². The maximum atomic E-state index is 13.8. The molecule has 25 heavy (non-hydrogen) atoms. The molecule has 3 N–H and O–H groups in total. The first-order chi connectivity index (χ1) is 12.1. The Kier molecular flexibility index (Phi) is 5.06. The number of hydrogen-bond acceptors (Lipinski definition) is 5. The molecular weight excluding hydrogens is 325 g/mol. The lowest BCUT2D eigenvalue weighted by Crippen LogP contribution is -2.23. The zero-order valence-corrected chi connectivity index (χ0v) is 13.4. The predicted molar refractivity (Wildman–Crippen MR) is 93.1 cm³/mol. The Labute approximate surface area is 143 Å². The van der Waals surface area contributed by atoms with Crippen molar-refractivity contribution in [2.24, 2.45) is 0 Å². The summed E-state index contributed by atoms with van der Waals surface area (Å²) in [6.45, 7) is -0.0386. The normalized spacial score (nSPS) is 12.3. The van der Waals surface area contributed by atoms with E-state index >= 15 is 0 Å². The van der Waals surface area contributed by atoms with Crippen molar-refractivity contribution in [3.05, 3.63) is 70.5 Å². The van der Waals surface area contributed by atoms with E-state index in [1.54, 1.807) is 36.4 Å². The highest BCUT2D eigenvalue weighted by Crippen LogP contribution is 2.15. The van der Waals surface area contributed by atoms with Crippen LogP contribution in [0.1, 0.15) is 5.56 Å². The van der Waals surface area contributed by atoms with Gasteiger partial charge < -0.3 is 15.5 Å². The minimum Gasteiger partial charge on any atom is -0.394 e. The summed E-state index contributed by atoms with van der Waals surface area (Å²) < 4.78 is 15.1. The number of anilines is 1. The van der Waals surface area contributed by atoms with Crippen molar-refractivity contribution in [2.75, 3.05) is 18.5 Å². The molecule has 1 aromatic heterocycles. The standard InChI is InChI=1S/C18H18FN3O3/c19-16-4-2-1-3-12(16)9-22-11-21-17-7-13(20-8-14(24)10-23)5-6-15(17)18(22)25/h1-7,11,14,20,23-24H,8-10H2. The minimum atomic E-state index is -0.863. The lowest BCUT2D eigenvalue weighted by molar-refractivity contribution is 0.105. The molecule has 0 radical (unpaired) electrons. The molecule has 1 atom stereocenters. The van der Waals surface area contributed by atoms with E-state index in [-0.39, 0.29) is 31.1 Å². The van der Waals surface area contributed by atoms with Gasteiger partial charge in [-0.15, -0.1) is 0 Å². The van der Waals surface area contributed by atoms with E-state index in [4.69, 9.17) is 5.11 Å². The van der Waals surface area contributed by atoms with Gasteiger partial charge in [-0.2, -0.15) is 0 Å². The molecule has 1 unspecified atom stereocenters. The van der Waals surface area contributed by atoms with Crippen LogP contribution in [0.15, 0.2) is 53.6 Å². The maximum absolute atomic E-state index is 13.8. The summed E-state index contributed by atoms with van der Waals surface area (Å²) in [5.74, 6) is -0.364. The summed E-state index contributed by atoms with van der Waals surface area (Å²) >= 11 is 0. The van der Waals surface area contributed by atoms with Crippen LogP contribution in [0.2, 0.25) is 0 Å². The Morgan fingerprint density at radius 3 is 2.80 bits per heavy atom. The van der Waals surface area contributed by atoms with E-state index < -0.39 is 6.10 Å². The first kappa shape index (κ1) is 17.1. The molecule has 0 bridgehead atoms. The fourth-order valence-electron chi connectivity index (χ4n) is 2.49. The Bertz CT molecular complexity index is 942. The molecule has 130 valence electrons. The third kappa shape index (κ3) is 3.84. The van der Waals surface area contributed by atoms with E-state index in [1.165, 1.54) is 17.0 Å². The number of nitrogens with zero attached hydrogens (tertiary/aromatic N) is 2. The second-order valence-corrected chi connectivity index (χ2v) is 5.72. The second kappa shape index (κ2) is 7.42. The van der Waals surface area contributed by atoms with E-state index in [1.807, 2.05) is 0 Å². The van der Waals surface area contributed by atoms with Crippen molar-refractivity contribution in [3.8, 4) is 0 Å². The lowest BCUT2D eigenvalue weighted by atomic mass is 10.2. The molecule has 3 aromatic rings. The number of aliphatic hydroxyl groups is 2. The molecule has 2 aromatic carbocycles. The molecule has 0 saturated carbocycles. The monoisotopic (exact) mass is 343 g/mol. The van der Waals surface area contributed by atoms with Gasteiger partial charge in [-0.05, 0) is 24.3 Å². The number of benzene rings is 2. The van der Waals surface area contributed by atoms with Gasteiger partial charge in [0.2, 0.25) is 0 Å². The van der Waals surface area contributed by atoms with Crippen LogP contribution in [-0.4, -0.2) is 39.0 Å². The summed E-state index contributed by atoms with van der Waals surface area (Å²) in [6.07, 6.45) is 0.529. The molecule has 7 heteroatoms. The fourth-order valence-corrected chi connectivity index (χ4v) is 2.49. The van der Waals surface area contributed by atoms with Crippen LogP contribution in [0.3, 0.4) is 0 Å². The lowest BCUT2D eigenvalue weighted by Gasteiger charge is -2.11. The third-order valence-electron chi connectivity index (χ3n) is 3.88. The number of aromatic nitrogens is 2. The molecule has 0 spiro atoms. The maximum Gasteiger partial charge on any atom is 0.261 e. The van der Waals surface area contributed by atoms with Gasteiger partial charge in [-0.25, -0.2) is 9.37 Å². The van der Waals surface area contributed by atoms with Crippen molar-refractivity contribution in [1.29, 1.82) is 0 Å². The number of rotatable bonds is 6. The zero-order valence-electron chi connectivity index (χ0n) is 13.4. The van der Waals surface area contributed by atoms with Gasteiger partial charge >= 0.3 is 0 Å². The highest BCUT2D eigenvalue weighted by molar-refractivity contribution is 5.81. The van der Waals surface area contributed by atoms with Crippen LogP contribution in [0.5, 0.6) is 0 Å². The number of halogens is 1. The average Bonchev–Trinajstić information content (AvgIpc) is 2.63. The molecule has 6 nitrogen and oxygen atoms in total. The molecule has 0 aliphatic heterocycles. The fraction of sp³-hybridized carbons (Fsp3) is 0.222. The summed E-state index contributed by atoms with van der Waals surface area (Å²) in [5.41, 5.74) is 1.34. The highest BCUT2D eigenvalue weighted by Gasteiger charge is 2.08. The number of aliphatic hydroxyl groups excluding tert-OH is 2. The zero-order chi connectivity index (χ0) is 17.8. The van der Waals surface area contributed by atoms with Crippen molar-refractivity contribution in [2.45, 2.75) is 12.6 Å². The van der Waals surface area contributed by atoms with Crippen molar-refractivity contribution >= 4 is 16.6 Å². The minimum absolute atomic E-state index is 0.108. The summed E-state index contributed by atoms with van der Waals surface area (Å²) in [5, 5.41) is 21.6. The summed E-state index contributed by atoms with van der Waals surface area (Å²) in [7, 11) is 0. The van der Waals surface area contributed by atoms with Gasteiger partial charge in [0.1, 0.15) is 5.82 Å². The predicted octanol–water partition coefficient (Wildman–Crippen LogP) is 1.35. The molecule has 0 aliphatic rings. The first-order valence-electron chi connectivity index (χ1n) is 7.84. The Morgan fingerprint density at radius 1 is 1.24 bits per heavy atom. The summed E-state index contributed by atoms with van der Waals surface area (Å²) in [4.78, 5) is 16.8. The van der Waals surface area contributed by atoms with Gasteiger partial charge in [-0.1, -0.05) is 18.2 Å². The van der Waals surface area contributed by atoms with Gasteiger partial charge in [0, 0.05) is 17.8 Å². The number of nitrogens with one attached hydrogen (secondary N) is 1. The SMILES string of the molecule is O=c1c2ccc(NCC(O)CO)cc2ncn1Cc1ccccc1F. The number of fused-ring (bicyclic) bond motifs is 1. The van der Waals surface area contributed by atoms with Crippen LogP contribution < -0.4 is 10.9 Å². The molecule has 0 aliphatic carbocycles. The molecule has 0 fully saturated rings. The van der Waals surface area contributed by atoms with Crippen LogP contribution in [0, 0.1) is 5.82 Å².